The van der Waals surface area contributed by atoms with Gasteiger partial charge in [0.2, 0.25) is 0 Å². The molecular weight excluding hydrogens is 190 g/mol. The van der Waals surface area contributed by atoms with Gasteiger partial charge in [0.15, 0.2) is 0 Å². The van der Waals surface area contributed by atoms with Crippen LogP contribution < -0.4 is 5.73 Å². The first-order valence-corrected chi connectivity index (χ1v) is 7.35. The van der Waals surface area contributed by atoms with Crippen LogP contribution in [0.4, 0.5) is 0 Å². The summed E-state index contributed by atoms with van der Waals surface area (Å²) in [6.45, 7) is 0. The molecule has 0 aromatic carbocycles. The third-order valence-corrected chi connectivity index (χ3v) is 5.09. The molecule has 2 heteroatoms. The summed E-state index contributed by atoms with van der Waals surface area (Å²) in [7, 11) is 0. The minimum absolute atomic E-state index is 0.507. The van der Waals surface area contributed by atoms with E-state index in [4.69, 9.17) is 5.73 Å². The van der Waals surface area contributed by atoms with Crippen LogP contribution in [0.3, 0.4) is 0 Å². The molecule has 0 amide bonds. The van der Waals surface area contributed by atoms with Crippen molar-refractivity contribution < 1.29 is 0 Å². The van der Waals surface area contributed by atoms with E-state index in [0.717, 1.165) is 11.8 Å². The van der Waals surface area contributed by atoms with Gasteiger partial charge in [-0.15, -0.1) is 0 Å². The average molecular weight is 213 g/mol. The maximum absolute atomic E-state index is 6.30. The van der Waals surface area contributed by atoms with E-state index in [9.17, 15) is 0 Å². The van der Waals surface area contributed by atoms with Crippen molar-refractivity contribution in [3.63, 3.8) is 0 Å². The SMILES string of the molecule is NC(CC1CCCCC1)C1CCSC1. The Hall–Kier alpha value is 0.310. The summed E-state index contributed by atoms with van der Waals surface area (Å²) in [5, 5.41) is 0. The van der Waals surface area contributed by atoms with Crippen LogP contribution in [0.2, 0.25) is 0 Å². The van der Waals surface area contributed by atoms with Crippen molar-refractivity contribution in [1.82, 2.24) is 0 Å². The maximum atomic E-state index is 6.30. The van der Waals surface area contributed by atoms with Crippen molar-refractivity contribution in [2.45, 2.75) is 51.0 Å². The first-order valence-electron chi connectivity index (χ1n) is 6.19. The molecule has 2 fully saturated rings. The predicted molar refractivity (Wildman–Crippen MR) is 64.6 cm³/mol. The molecule has 0 bridgehead atoms. The van der Waals surface area contributed by atoms with Gasteiger partial charge < -0.3 is 5.73 Å². The van der Waals surface area contributed by atoms with Gasteiger partial charge in [0, 0.05) is 6.04 Å². The zero-order valence-corrected chi connectivity index (χ0v) is 9.90. The minimum Gasteiger partial charge on any atom is -0.327 e. The standard InChI is InChI=1S/C12H23NS/c13-12(11-6-7-14-9-11)8-10-4-2-1-3-5-10/h10-12H,1-9,13H2. The third kappa shape index (κ3) is 2.90. The van der Waals surface area contributed by atoms with Gasteiger partial charge >= 0.3 is 0 Å². The quantitative estimate of drug-likeness (QED) is 0.780. The number of hydrogen-bond donors (Lipinski definition) is 1. The van der Waals surface area contributed by atoms with Crippen molar-refractivity contribution in [3.05, 3.63) is 0 Å². The van der Waals surface area contributed by atoms with Gasteiger partial charge in [-0.1, -0.05) is 32.1 Å². The van der Waals surface area contributed by atoms with Crippen LogP contribution in [0.25, 0.3) is 0 Å². The predicted octanol–water partition coefficient (Wildman–Crippen LogP) is 3.04. The molecule has 2 atom stereocenters. The van der Waals surface area contributed by atoms with Crippen LogP contribution in [0.15, 0.2) is 0 Å². The first kappa shape index (κ1) is 10.8. The lowest BCUT2D eigenvalue weighted by Gasteiger charge is -2.27. The topological polar surface area (TPSA) is 26.0 Å². The molecule has 0 aromatic heterocycles. The zero-order valence-electron chi connectivity index (χ0n) is 9.08. The fourth-order valence-electron chi connectivity index (χ4n) is 2.89. The summed E-state index contributed by atoms with van der Waals surface area (Å²) in [5.41, 5.74) is 6.30. The lowest BCUT2D eigenvalue weighted by molar-refractivity contribution is 0.289. The fourth-order valence-corrected chi connectivity index (χ4v) is 4.24. The summed E-state index contributed by atoms with van der Waals surface area (Å²) >= 11 is 2.09. The molecular formula is C12H23NS. The van der Waals surface area contributed by atoms with Crippen molar-refractivity contribution in [3.8, 4) is 0 Å². The van der Waals surface area contributed by atoms with Crippen LogP contribution in [0.1, 0.15) is 44.9 Å². The molecule has 1 aliphatic carbocycles. The Morgan fingerprint density at radius 1 is 1.14 bits per heavy atom. The molecule has 0 radical (unpaired) electrons. The van der Waals surface area contributed by atoms with Crippen LogP contribution in [-0.2, 0) is 0 Å². The molecule has 0 spiro atoms. The second-order valence-electron chi connectivity index (χ2n) is 5.03. The van der Waals surface area contributed by atoms with E-state index in [0.29, 0.717) is 6.04 Å². The van der Waals surface area contributed by atoms with E-state index in [1.165, 1.54) is 56.5 Å². The summed E-state index contributed by atoms with van der Waals surface area (Å²) in [6, 6.07) is 0.507. The van der Waals surface area contributed by atoms with Crippen molar-refractivity contribution in [2.75, 3.05) is 11.5 Å². The second kappa shape index (κ2) is 5.41. The molecule has 2 unspecified atom stereocenters. The van der Waals surface area contributed by atoms with Crippen molar-refractivity contribution in [1.29, 1.82) is 0 Å². The second-order valence-corrected chi connectivity index (χ2v) is 6.18. The highest BCUT2D eigenvalue weighted by molar-refractivity contribution is 7.99. The Labute approximate surface area is 92.2 Å². The summed E-state index contributed by atoms with van der Waals surface area (Å²) in [4.78, 5) is 0. The van der Waals surface area contributed by atoms with Gasteiger partial charge in [-0.2, -0.15) is 11.8 Å². The maximum Gasteiger partial charge on any atom is 0.00779 e. The molecule has 82 valence electrons. The van der Waals surface area contributed by atoms with E-state index < -0.39 is 0 Å². The van der Waals surface area contributed by atoms with E-state index in [1.807, 2.05) is 0 Å². The van der Waals surface area contributed by atoms with Crippen LogP contribution in [0, 0.1) is 11.8 Å². The van der Waals surface area contributed by atoms with Gasteiger partial charge in [-0.3, -0.25) is 0 Å². The fraction of sp³-hybridized carbons (Fsp3) is 1.00. The summed E-state index contributed by atoms with van der Waals surface area (Å²) in [5.74, 6) is 4.47. The van der Waals surface area contributed by atoms with Crippen molar-refractivity contribution >= 4 is 11.8 Å². The summed E-state index contributed by atoms with van der Waals surface area (Å²) in [6.07, 6.45) is 9.96. The van der Waals surface area contributed by atoms with Gasteiger partial charge in [0.05, 0.1) is 0 Å². The van der Waals surface area contributed by atoms with E-state index in [1.54, 1.807) is 0 Å². The van der Waals surface area contributed by atoms with Gasteiger partial charge in [-0.25, -0.2) is 0 Å². The normalized spacial score (nSPS) is 31.9. The highest BCUT2D eigenvalue weighted by Crippen LogP contribution is 2.32. The first-order chi connectivity index (χ1) is 6.86. The van der Waals surface area contributed by atoms with E-state index in [-0.39, 0.29) is 0 Å². The summed E-state index contributed by atoms with van der Waals surface area (Å²) < 4.78 is 0. The van der Waals surface area contributed by atoms with Crippen molar-refractivity contribution in [2.24, 2.45) is 17.6 Å². The highest BCUT2D eigenvalue weighted by atomic mass is 32.2. The third-order valence-electron chi connectivity index (χ3n) is 3.90. The Morgan fingerprint density at radius 2 is 1.93 bits per heavy atom. The van der Waals surface area contributed by atoms with Gasteiger partial charge in [-0.05, 0) is 36.2 Å². The van der Waals surface area contributed by atoms with Gasteiger partial charge in [0.25, 0.3) is 0 Å². The molecule has 1 saturated carbocycles. The van der Waals surface area contributed by atoms with Crippen LogP contribution in [0.5, 0.6) is 0 Å². The van der Waals surface area contributed by atoms with Crippen LogP contribution >= 0.6 is 11.8 Å². The van der Waals surface area contributed by atoms with Gasteiger partial charge in [0.1, 0.15) is 0 Å². The Balaban J connectivity index is 1.72. The Kier molecular flexibility index (Phi) is 4.18. The molecule has 2 rings (SSSR count). The largest absolute Gasteiger partial charge is 0.327 e. The average Bonchev–Trinajstić information content (AvgIpc) is 2.72. The number of hydrogen-bond acceptors (Lipinski definition) is 2. The molecule has 14 heavy (non-hydrogen) atoms. The molecule has 1 heterocycles. The lowest BCUT2D eigenvalue weighted by atomic mass is 9.82. The highest BCUT2D eigenvalue weighted by Gasteiger charge is 2.25. The lowest BCUT2D eigenvalue weighted by Crippen LogP contribution is -2.32. The van der Waals surface area contributed by atoms with E-state index in [2.05, 4.69) is 11.8 Å². The molecule has 2 aliphatic rings. The Morgan fingerprint density at radius 3 is 2.57 bits per heavy atom. The monoisotopic (exact) mass is 213 g/mol. The minimum atomic E-state index is 0.507. The van der Waals surface area contributed by atoms with E-state index >= 15 is 0 Å². The number of nitrogens with two attached hydrogens (primary N) is 1. The zero-order chi connectivity index (χ0) is 9.80. The molecule has 1 saturated heterocycles. The number of rotatable bonds is 3. The molecule has 0 aromatic rings. The smallest absolute Gasteiger partial charge is 0.00779 e. The molecule has 1 nitrogen and oxygen atoms in total. The Bertz CT molecular complexity index is 160. The molecule has 2 N–H and O–H groups in total. The van der Waals surface area contributed by atoms with Crippen LogP contribution in [-0.4, -0.2) is 17.5 Å². The number of thioether (sulfide) groups is 1. The molecule has 1 aliphatic heterocycles.